The van der Waals surface area contributed by atoms with Gasteiger partial charge in [-0.1, -0.05) is 40.1 Å². The van der Waals surface area contributed by atoms with Gasteiger partial charge in [0.15, 0.2) is 5.45 Å². The van der Waals surface area contributed by atoms with Gasteiger partial charge >= 0.3 is 7.60 Å². The maximum absolute atomic E-state index is 13.3. The molecule has 1 aromatic rings. The Morgan fingerprint density at radius 1 is 1.12 bits per heavy atom. The van der Waals surface area contributed by atoms with Crippen LogP contribution in [0.2, 0.25) is 0 Å². The number of benzene rings is 1. The van der Waals surface area contributed by atoms with Crippen molar-refractivity contribution < 1.29 is 13.6 Å². The molecule has 0 bridgehead atoms. The lowest BCUT2D eigenvalue weighted by atomic mass is 9.96. The van der Waals surface area contributed by atoms with Crippen LogP contribution in [0.25, 0.3) is 0 Å². The molecule has 0 radical (unpaired) electrons. The molecule has 0 spiro atoms. The number of nitrogens with zero attached hydrogens (tertiary/aromatic N) is 1. The zero-order valence-corrected chi connectivity index (χ0v) is 16.8. The van der Waals surface area contributed by atoms with E-state index in [1.54, 1.807) is 0 Å². The van der Waals surface area contributed by atoms with Gasteiger partial charge in [-0.25, -0.2) is 4.99 Å². The van der Waals surface area contributed by atoms with Gasteiger partial charge in [-0.05, 0) is 51.7 Å². The summed E-state index contributed by atoms with van der Waals surface area (Å²) in [6, 6.07) is 7.57. The van der Waals surface area contributed by atoms with Crippen molar-refractivity contribution in [1.29, 1.82) is 0 Å². The first-order chi connectivity index (χ1) is 11.6. The van der Waals surface area contributed by atoms with E-state index in [-0.39, 0.29) is 0 Å². The summed E-state index contributed by atoms with van der Waals surface area (Å²) in [6.07, 6.45) is 7.65. The van der Waals surface area contributed by atoms with Crippen LogP contribution in [0.15, 0.2) is 45.5 Å². The Hall–Kier alpha value is -0.740. The van der Waals surface area contributed by atoms with E-state index in [2.05, 4.69) is 20.9 Å². The van der Waals surface area contributed by atoms with Crippen molar-refractivity contribution in [2.75, 3.05) is 13.2 Å². The minimum Gasteiger partial charge on any atom is -0.304 e. The van der Waals surface area contributed by atoms with Gasteiger partial charge in [0.2, 0.25) is 0 Å². The van der Waals surface area contributed by atoms with E-state index in [9.17, 15) is 4.57 Å². The predicted octanol–water partition coefficient (Wildman–Crippen LogP) is 6.31. The molecule has 132 valence electrons. The van der Waals surface area contributed by atoms with Gasteiger partial charge in [-0.2, -0.15) is 0 Å². The fraction of sp³-hybridized carbons (Fsp3) is 0.500. The Morgan fingerprint density at radius 2 is 1.71 bits per heavy atom. The first-order valence-corrected chi connectivity index (χ1v) is 10.8. The molecule has 0 atom stereocenters. The molecule has 0 saturated heterocycles. The van der Waals surface area contributed by atoms with Gasteiger partial charge in [0, 0.05) is 16.2 Å². The SMILES string of the molecule is CCOP(=O)(OCC)C(=NC=C1CCCCC1)c1ccc(Br)cc1. The van der Waals surface area contributed by atoms with Gasteiger partial charge in [-0.3, -0.25) is 4.57 Å². The van der Waals surface area contributed by atoms with Gasteiger partial charge in [0.1, 0.15) is 0 Å². The lowest BCUT2D eigenvalue weighted by molar-refractivity contribution is 0.232. The molecule has 1 aliphatic carbocycles. The molecular formula is C18H25BrNO3P. The Bertz CT molecular complexity index is 622. The minimum absolute atomic E-state index is 0.309. The molecule has 0 N–H and O–H groups in total. The van der Waals surface area contributed by atoms with E-state index >= 15 is 0 Å². The Morgan fingerprint density at radius 3 is 2.25 bits per heavy atom. The fourth-order valence-corrected chi connectivity index (χ4v) is 4.62. The van der Waals surface area contributed by atoms with Crippen LogP contribution < -0.4 is 0 Å². The average molecular weight is 414 g/mol. The Balaban J connectivity index is 2.43. The van der Waals surface area contributed by atoms with E-state index in [0.29, 0.717) is 18.7 Å². The van der Waals surface area contributed by atoms with E-state index in [0.717, 1.165) is 22.9 Å². The van der Waals surface area contributed by atoms with Crippen LogP contribution in [0.1, 0.15) is 51.5 Å². The van der Waals surface area contributed by atoms with Crippen molar-refractivity contribution in [3.8, 4) is 0 Å². The highest BCUT2D eigenvalue weighted by molar-refractivity contribution is 9.10. The zero-order valence-electron chi connectivity index (χ0n) is 14.3. The summed E-state index contributed by atoms with van der Waals surface area (Å²) in [7, 11) is -3.44. The first kappa shape index (κ1) is 19.6. The first-order valence-electron chi connectivity index (χ1n) is 8.50. The molecule has 1 saturated carbocycles. The molecule has 1 aromatic carbocycles. The zero-order chi connectivity index (χ0) is 17.4. The van der Waals surface area contributed by atoms with Gasteiger partial charge in [0.25, 0.3) is 0 Å². The molecule has 24 heavy (non-hydrogen) atoms. The summed E-state index contributed by atoms with van der Waals surface area (Å²) < 4.78 is 25.2. The molecule has 1 fully saturated rings. The predicted molar refractivity (Wildman–Crippen MR) is 103 cm³/mol. The van der Waals surface area contributed by atoms with Crippen molar-refractivity contribution in [3.63, 3.8) is 0 Å². The van der Waals surface area contributed by atoms with E-state index in [1.165, 1.54) is 24.8 Å². The third-order valence-electron chi connectivity index (χ3n) is 3.83. The molecule has 0 aromatic heterocycles. The molecular weight excluding hydrogens is 389 g/mol. The Kier molecular flexibility index (Phi) is 7.89. The van der Waals surface area contributed by atoms with Gasteiger partial charge in [0.05, 0.1) is 13.2 Å². The monoisotopic (exact) mass is 413 g/mol. The maximum Gasteiger partial charge on any atom is 0.380 e. The summed E-state index contributed by atoms with van der Waals surface area (Å²) in [5, 5.41) is 0. The third kappa shape index (κ3) is 5.38. The molecule has 4 nitrogen and oxygen atoms in total. The van der Waals surface area contributed by atoms with Crippen LogP contribution >= 0.6 is 23.5 Å². The molecule has 0 unspecified atom stereocenters. The molecule has 2 rings (SSSR count). The van der Waals surface area contributed by atoms with Crippen LogP contribution in [0, 0.1) is 0 Å². The highest BCUT2D eigenvalue weighted by Gasteiger charge is 2.32. The summed E-state index contributed by atoms with van der Waals surface area (Å²) in [5.74, 6) is 0. The molecule has 6 heteroatoms. The number of rotatable bonds is 7. The van der Waals surface area contributed by atoms with E-state index in [1.807, 2.05) is 44.3 Å². The maximum atomic E-state index is 13.3. The smallest absolute Gasteiger partial charge is 0.304 e. The number of halogens is 1. The van der Waals surface area contributed by atoms with Crippen LogP contribution in [-0.4, -0.2) is 18.7 Å². The third-order valence-corrected chi connectivity index (χ3v) is 6.44. The summed E-state index contributed by atoms with van der Waals surface area (Å²) >= 11 is 3.42. The number of aliphatic imine (C=N–C) groups is 1. The van der Waals surface area contributed by atoms with Gasteiger partial charge < -0.3 is 9.05 Å². The highest BCUT2D eigenvalue weighted by Crippen LogP contribution is 2.52. The second kappa shape index (κ2) is 9.67. The quantitative estimate of drug-likeness (QED) is 0.388. The van der Waals surface area contributed by atoms with Crippen molar-refractivity contribution in [2.24, 2.45) is 4.99 Å². The average Bonchev–Trinajstić information content (AvgIpc) is 2.58. The topological polar surface area (TPSA) is 47.9 Å². The van der Waals surface area contributed by atoms with E-state index < -0.39 is 7.60 Å². The standard InChI is InChI=1S/C18H25BrNO3P/c1-3-22-24(21,23-4-2)18(16-10-12-17(19)13-11-16)20-14-15-8-6-5-7-9-15/h10-14H,3-9H2,1-2H3. The van der Waals surface area contributed by atoms with Crippen LogP contribution in [0.3, 0.4) is 0 Å². The van der Waals surface area contributed by atoms with Crippen LogP contribution in [-0.2, 0) is 13.6 Å². The second-order valence-electron chi connectivity index (χ2n) is 5.64. The van der Waals surface area contributed by atoms with Crippen molar-refractivity contribution >= 4 is 29.0 Å². The second-order valence-corrected chi connectivity index (χ2v) is 8.49. The van der Waals surface area contributed by atoms with E-state index in [4.69, 9.17) is 9.05 Å². The molecule has 1 aliphatic rings. The Labute approximate surface area is 153 Å². The minimum atomic E-state index is -3.44. The largest absolute Gasteiger partial charge is 0.380 e. The number of hydrogen-bond donors (Lipinski definition) is 0. The lowest BCUT2D eigenvalue weighted by Crippen LogP contribution is -2.09. The van der Waals surface area contributed by atoms with Crippen molar-refractivity contribution in [1.82, 2.24) is 0 Å². The number of hydrogen-bond acceptors (Lipinski definition) is 4. The molecule has 0 aliphatic heterocycles. The number of allylic oxidation sites excluding steroid dienone is 1. The summed E-state index contributed by atoms with van der Waals surface area (Å²) in [6.45, 7) is 4.24. The van der Waals surface area contributed by atoms with Gasteiger partial charge in [-0.15, -0.1) is 0 Å². The fourth-order valence-electron chi connectivity index (χ4n) is 2.69. The van der Waals surface area contributed by atoms with Crippen LogP contribution in [0.5, 0.6) is 0 Å². The summed E-state index contributed by atoms with van der Waals surface area (Å²) in [4.78, 5) is 4.58. The molecule has 0 amide bonds. The lowest BCUT2D eigenvalue weighted by Gasteiger charge is -2.19. The van der Waals surface area contributed by atoms with Crippen molar-refractivity contribution in [2.45, 2.75) is 46.0 Å². The van der Waals surface area contributed by atoms with Crippen LogP contribution in [0.4, 0.5) is 0 Å². The molecule has 0 heterocycles. The van der Waals surface area contributed by atoms with Crippen molar-refractivity contribution in [3.05, 3.63) is 46.1 Å². The summed E-state index contributed by atoms with van der Waals surface area (Å²) in [5.41, 5.74) is 2.45. The highest BCUT2D eigenvalue weighted by atomic mass is 79.9. The normalized spacial score (nSPS) is 16.3.